The molecular weight excluding hydrogens is 542 g/mol. The summed E-state index contributed by atoms with van der Waals surface area (Å²) in [6.45, 7) is 17.3. The maximum atomic E-state index is 12.1. The first kappa shape index (κ1) is 26.3. The van der Waals surface area contributed by atoms with Gasteiger partial charge in [0.25, 0.3) is 0 Å². The van der Waals surface area contributed by atoms with Gasteiger partial charge in [-0.15, -0.1) is 0 Å². The van der Waals surface area contributed by atoms with Gasteiger partial charge in [0.2, 0.25) is 0 Å². The fourth-order valence-electron chi connectivity index (χ4n) is 3.03. The van der Waals surface area contributed by atoms with Crippen LogP contribution in [0.1, 0.15) is 55.4 Å². The van der Waals surface area contributed by atoms with Crippen LogP contribution in [-0.2, 0) is 15.7 Å². The van der Waals surface area contributed by atoms with Gasteiger partial charge in [-0.1, -0.05) is 0 Å². The van der Waals surface area contributed by atoms with Gasteiger partial charge in [-0.25, -0.2) is 0 Å². The molecule has 0 bridgehead atoms. The Labute approximate surface area is 176 Å². The van der Waals surface area contributed by atoms with Crippen molar-refractivity contribution in [1.82, 2.24) is 0 Å². The topological polar surface area (TPSA) is 52.6 Å². The molecule has 26 heavy (non-hydrogen) atoms. The van der Waals surface area contributed by atoms with E-state index >= 15 is 0 Å². The minimum absolute atomic E-state index is 0.358. The van der Waals surface area contributed by atoms with E-state index in [9.17, 15) is 9.59 Å². The van der Waals surface area contributed by atoms with Crippen LogP contribution in [0.4, 0.5) is 0 Å². The number of hydrogen-bond acceptors (Lipinski definition) is 4. The van der Waals surface area contributed by atoms with Crippen molar-refractivity contribution in [1.29, 1.82) is 0 Å². The Hall–Kier alpha value is 0.277. The molecule has 4 nitrogen and oxygen atoms in total. The first-order chi connectivity index (χ1) is 12.0. The summed E-state index contributed by atoms with van der Waals surface area (Å²) in [4.78, 5) is 24.2. The summed E-state index contributed by atoms with van der Waals surface area (Å²) in [5.74, 6) is 1.50. The maximum absolute atomic E-state index is 12.1. The Morgan fingerprint density at radius 2 is 0.846 bits per heavy atom. The van der Waals surface area contributed by atoms with E-state index in [1.54, 1.807) is 0 Å². The molecule has 0 aliphatic rings. The van der Waals surface area contributed by atoms with Crippen molar-refractivity contribution in [3.63, 3.8) is 0 Å². The van der Waals surface area contributed by atoms with Gasteiger partial charge in [0.05, 0.1) is 0 Å². The van der Waals surface area contributed by atoms with E-state index in [-0.39, 0.29) is 11.9 Å². The zero-order chi connectivity index (χ0) is 20.3. The number of rotatable bonds is 12. The molecule has 0 aliphatic heterocycles. The first-order valence-corrected chi connectivity index (χ1v) is 22.1. The van der Waals surface area contributed by atoms with E-state index in [0.717, 1.165) is 17.7 Å². The molecule has 0 aromatic carbocycles. The van der Waals surface area contributed by atoms with Crippen molar-refractivity contribution in [2.75, 3.05) is 0 Å². The van der Waals surface area contributed by atoms with Crippen LogP contribution < -0.4 is 0 Å². The second-order valence-corrected chi connectivity index (χ2v) is 22.8. The molecule has 0 rings (SSSR count). The number of hydrogen-bond donors (Lipinski definition) is 0. The van der Waals surface area contributed by atoms with Crippen LogP contribution in [0.5, 0.6) is 0 Å². The van der Waals surface area contributed by atoms with Gasteiger partial charge in [0, 0.05) is 0 Å². The molecule has 0 spiro atoms. The van der Waals surface area contributed by atoms with Gasteiger partial charge in [-0.2, -0.15) is 0 Å². The monoisotopic (exact) mass is 584 g/mol. The molecule has 0 amide bonds. The van der Waals surface area contributed by atoms with Crippen molar-refractivity contribution in [3.8, 4) is 0 Å². The van der Waals surface area contributed by atoms with Crippen LogP contribution in [0.15, 0.2) is 12.2 Å². The Bertz CT molecular complexity index is 385. The van der Waals surface area contributed by atoms with Gasteiger partial charge in [0.15, 0.2) is 0 Å². The summed E-state index contributed by atoms with van der Waals surface area (Å²) in [5, 5.41) is 0. The van der Waals surface area contributed by atoms with Crippen LogP contribution in [-0.4, -0.2) is 52.3 Å². The average molecular weight is 582 g/mol. The molecule has 0 unspecified atom stereocenters. The zero-order valence-corrected chi connectivity index (χ0v) is 24.7. The van der Waals surface area contributed by atoms with E-state index in [0.29, 0.717) is 23.7 Å². The molecule has 152 valence electrons. The second kappa shape index (κ2) is 14.3. The first-order valence-electron chi connectivity index (χ1n) is 10.1. The van der Waals surface area contributed by atoms with E-state index in [1.165, 1.54) is 12.2 Å². The van der Waals surface area contributed by atoms with E-state index in [4.69, 9.17) is 6.15 Å². The number of carbonyl (C=O) groups excluding carboxylic acids is 2. The fourth-order valence-corrected chi connectivity index (χ4v) is 19.6. The summed E-state index contributed by atoms with van der Waals surface area (Å²) < 4.78 is 15.7. The molecule has 0 saturated carbocycles. The van der Waals surface area contributed by atoms with Crippen molar-refractivity contribution < 1.29 is 15.7 Å². The van der Waals surface area contributed by atoms with Gasteiger partial charge in [-0.3, -0.25) is 0 Å². The third-order valence-corrected chi connectivity index (χ3v) is 23.9. The predicted octanol–water partition coefficient (Wildman–Crippen LogP) is 4.70. The van der Waals surface area contributed by atoms with Crippen LogP contribution in [0.2, 0.25) is 17.7 Å². The van der Waals surface area contributed by atoms with Crippen molar-refractivity contribution >= 4 is 52.3 Å². The standard InChI is InChI=1S/C4H4O4.4C4H9.2Sn.2H/c5-3(6)1-2-4(7)8;4*1-4(2)3;;;;/h1-2H,(H,5,6)(H,7,8);4*4H,1H2,2-3H3;;;;/q;;;;;2*+1;;/p-2/b2-1-;;;;;;;;. The van der Waals surface area contributed by atoms with Gasteiger partial charge >= 0.3 is 177 Å². The summed E-state index contributed by atoms with van der Waals surface area (Å²) >= 11 is -4.67. The average Bonchev–Trinajstić information content (AvgIpc) is 2.41. The van der Waals surface area contributed by atoms with E-state index in [1.807, 2.05) is 0 Å². The third-order valence-electron chi connectivity index (χ3n) is 3.86. The van der Waals surface area contributed by atoms with E-state index in [2.05, 4.69) is 55.4 Å². The number of carbonyl (C=O) groups is 2. The summed E-state index contributed by atoms with van der Waals surface area (Å²) in [6.07, 6.45) is 2.56. The molecule has 0 fully saturated rings. The van der Waals surface area contributed by atoms with Crippen molar-refractivity contribution in [2.45, 2.75) is 73.1 Å². The third kappa shape index (κ3) is 15.3. The Morgan fingerprint density at radius 3 is 1.04 bits per heavy atom. The summed E-state index contributed by atoms with van der Waals surface area (Å²) in [6, 6.07) is 0. The SMILES string of the molecule is CC(C)[CH2][SnH]([CH2]C(C)C)[O]C(=O)/C=C\C(=O)[O][SnH]([CH2]C(C)C)[CH2]C(C)C. The molecule has 0 atom stereocenters. The molecule has 6 heteroatoms. The molecular formula is C20H40O4Sn2. The molecule has 0 saturated heterocycles. The van der Waals surface area contributed by atoms with E-state index < -0.39 is 40.3 Å². The predicted molar refractivity (Wildman–Crippen MR) is 114 cm³/mol. The fraction of sp³-hybridized carbons (Fsp3) is 0.800. The summed E-state index contributed by atoms with van der Waals surface area (Å²) in [5.41, 5.74) is 0. The summed E-state index contributed by atoms with van der Waals surface area (Å²) in [7, 11) is 0. The zero-order valence-electron chi connectivity index (χ0n) is 18.1. The molecule has 0 radical (unpaired) electrons. The minimum atomic E-state index is -2.33. The Morgan fingerprint density at radius 1 is 0.615 bits per heavy atom. The van der Waals surface area contributed by atoms with Gasteiger partial charge in [0.1, 0.15) is 0 Å². The second-order valence-electron chi connectivity index (χ2n) is 8.97. The normalized spacial score (nSPS) is 12.4. The molecule has 0 aromatic heterocycles. The van der Waals surface area contributed by atoms with Gasteiger partial charge < -0.3 is 0 Å². The molecule has 0 aliphatic carbocycles. The molecule has 0 N–H and O–H groups in total. The van der Waals surface area contributed by atoms with Crippen LogP contribution >= 0.6 is 0 Å². The quantitative estimate of drug-likeness (QED) is 0.248. The van der Waals surface area contributed by atoms with Crippen molar-refractivity contribution in [2.24, 2.45) is 23.7 Å². The van der Waals surface area contributed by atoms with Crippen LogP contribution in [0, 0.1) is 23.7 Å². The van der Waals surface area contributed by atoms with Gasteiger partial charge in [-0.05, 0) is 0 Å². The Kier molecular flexibility index (Phi) is 14.5. The Balaban J connectivity index is 4.63. The van der Waals surface area contributed by atoms with Crippen LogP contribution in [0.3, 0.4) is 0 Å². The molecule has 0 heterocycles. The van der Waals surface area contributed by atoms with Crippen molar-refractivity contribution in [3.05, 3.63) is 12.2 Å². The molecule has 0 aromatic rings. The van der Waals surface area contributed by atoms with Crippen LogP contribution in [0.25, 0.3) is 0 Å².